The minimum absolute atomic E-state index is 0.0500. The van der Waals surface area contributed by atoms with Gasteiger partial charge in [-0.05, 0) is 62.0 Å². The van der Waals surface area contributed by atoms with Crippen LogP contribution in [0.5, 0.6) is 5.75 Å². The Morgan fingerprint density at radius 2 is 2.12 bits per heavy atom. The molecule has 1 aliphatic heterocycles. The van der Waals surface area contributed by atoms with Crippen molar-refractivity contribution in [1.29, 1.82) is 0 Å². The summed E-state index contributed by atoms with van der Waals surface area (Å²) in [5, 5.41) is 6.92. The van der Waals surface area contributed by atoms with E-state index in [2.05, 4.69) is 16.7 Å². The van der Waals surface area contributed by atoms with Crippen molar-refractivity contribution in [1.82, 2.24) is 10.6 Å². The Morgan fingerprint density at radius 1 is 1.27 bits per heavy atom. The Morgan fingerprint density at radius 3 is 2.88 bits per heavy atom. The molecule has 3 rings (SSSR count). The van der Waals surface area contributed by atoms with Crippen LogP contribution in [0.1, 0.15) is 27.9 Å². The van der Waals surface area contributed by atoms with Gasteiger partial charge in [-0.3, -0.25) is 4.79 Å². The van der Waals surface area contributed by atoms with Gasteiger partial charge in [-0.25, -0.2) is 0 Å². The summed E-state index contributed by atoms with van der Waals surface area (Å²) in [4.78, 5) is 12.6. The standard InChI is InChI=1S/C21H25ClN2O2/c1-15-5-4-8-19(22)20(15)26-12-11-24-21(25)18-7-3-2-6-17(18)13-16-9-10-23-14-16/h2-8,16,23H,9-14H2,1H3,(H,24,25). The maximum Gasteiger partial charge on any atom is 0.251 e. The van der Waals surface area contributed by atoms with Gasteiger partial charge in [0.2, 0.25) is 0 Å². The highest BCUT2D eigenvalue weighted by molar-refractivity contribution is 6.32. The molecule has 26 heavy (non-hydrogen) atoms. The van der Waals surface area contributed by atoms with Gasteiger partial charge < -0.3 is 15.4 Å². The van der Waals surface area contributed by atoms with E-state index in [0.717, 1.165) is 36.2 Å². The second kappa shape index (κ2) is 9.06. The van der Waals surface area contributed by atoms with Gasteiger partial charge in [0.1, 0.15) is 12.4 Å². The Kier molecular flexibility index (Phi) is 6.53. The number of carbonyl (C=O) groups is 1. The molecule has 1 fully saturated rings. The van der Waals surface area contributed by atoms with Crippen LogP contribution in [0, 0.1) is 12.8 Å². The predicted molar refractivity (Wildman–Crippen MR) is 105 cm³/mol. The molecule has 0 saturated carbocycles. The number of aryl methyl sites for hydroxylation is 1. The summed E-state index contributed by atoms with van der Waals surface area (Å²) < 4.78 is 5.74. The van der Waals surface area contributed by atoms with Crippen LogP contribution < -0.4 is 15.4 Å². The number of nitrogens with one attached hydrogen (secondary N) is 2. The Hall–Kier alpha value is -2.04. The zero-order valence-electron chi connectivity index (χ0n) is 15.1. The van der Waals surface area contributed by atoms with E-state index in [-0.39, 0.29) is 5.91 Å². The molecule has 0 bridgehead atoms. The number of benzene rings is 2. The van der Waals surface area contributed by atoms with Crippen LogP contribution in [-0.4, -0.2) is 32.1 Å². The van der Waals surface area contributed by atoms with Crippen LogP contribution in [0.3, 0.4) is 0 Å². The first-order chi connectivity index (χ1) is 12.6. The number of rotatable bonds is 7. The van der Waals surface area contributed by atoms with Crippen molar-refractivity contribution in [3.8, 4) is 5.75 Å². The van der Waals surface area contributed by atoms with E-state index >= 15 is 0 Å². The fourth-order valence-electron chi connectivity index (χ4n) is 3.33. The van der Waals surface area contributed by atoms with Crippen molar-refractivity contribution in [3.63, 3.8) is 0 Å². The van der Waals surface area contributed by atoms with E-state index in [1.54, 1.807) is 6.07 Å². The first kappa shape index (κ1) is 18.7. The van der Waals surface area contributed by atoms with Gasteiger partial charge in [0.25, 0.3) is 5.91 Å². The fourth-order valence-corrected chi connectivity index (χ4v) is 3.61. The SMILES string of the molecule is Cc1cccc(Cl)c1OCCNC(=O)c1ccccc1CC1CCNC1. The van der Waals surface area contributed by atoms with E-state index in [1.807, 2.05) is 37.3 Å². The maximum absolute atomic E-state index is 12.6. The van der Waals surface area contributed by atoms with Gasteiger partial charge in [-0.15, -0.1) is 0 Å². The first-order valence-corrected chi connectivity index (χ1v) is 9.47. The number of carbonyl (C=O) groups excluding carboxylic acids is 1. The zero-order chi connectivity index (χ0) is 18.4. The molecule has 1 heterocycles. The topological polar surface area (TPSA) is 50.4 Å². The summed E-state index contributed by atoms with van der Waals surface area (Å²) in [5.74, 6) is 1.24. The highest BCUT2D eigenvalue weighted by Gasteiger charge is 2.18. The molecule has 0 aliphatic carbocycles. The van der Waals surface area contributed by atoms with Gasteiger partial charge in [0.05, 0.1) is 11.6 Å². The molecule has 0 radical (unpaired) electrons. The molecule has 1 atom stereocenters. The molecule has 1 unspecified atom stereocenters. The summed E-state index contributed by atoms with van der Waals surface area (Å²) in [7, 11) is 0. The smallest absolute Gasteiger partial charge is 0.251 e. The molecule has 1 saturated heterocycles. The molecule has 0 spiro atoms. The molecular weight excluding hydrogens is 348 g/mol. The predicted octanol–water partition coefficient (Wildman–Crippen LogP) is 3.61. The lowest BCUT2D eigenvalue weighted by molar-refractivity contribution is 0.0946. The van der Waals surface area contributed by atoms with Gasteiger partial charge in [-0.1, -0.05) is 41.9 Å². The summed E-state index contributed by atoms with van der Waals surface area (Å²) in [6.07, 6.45) is 2.10. The third kappa shape index (κ3) is 4.77. The lowest BCUT2D eigenvalue weighted by atomic mass is 9.94. The second-order valence-corrected chi connectivity index (χ2v) is 7.12. The molecule has 0 aromatic heterocycles. The zero-order valence-corrected chi connectivity index (χ0v) is 15.8. The normalized spacial score (nSPS) is 16.5. The van der Waals surface area contributed by atoms with Crippen LogP contribution in [0.2, 0.25) is 5.02 Å². The van der Waals surface area contributed by atoms with Crippen molar-refractivity contribution in [3.05, 3.63) is 64.2 Å². The van der Waals surface area contributed by atoms with Crippen molar-refractivity contribution in [2.45, 2.75) is 19.8 Å². The molecule has 5 heteroatoms. The Labute approximate surface area is 159 Å². The van der Waals surface area contributed by atoms with Crippen LogP contribution in [0.25, 0.3) is 0 Å². The van der Waals surface area contributed by atoms with Crippen molar-refractivity contribution >= 4 is 17.5 Å². The second-order valence-electron chi connectivity index (χ2n) is 6.71. The van der Waals surface area contributed by atoms with Gasteiger partial charge in [-0.2, -0.15) is 0 Å². The number of para-hydroxylation sites is 1. The van der Waals surface area contributed by atoms with Crippen molar-refractivity contribution in [2.75, 3.05) is 26.2 Å². The van der Waals surface area contributed by atoms with E-state index in [4.69, 9.17) is 16.3 Å². The summed E-state index contributed by atoms with van der Waals surface area (Å²) in [6, 6.07) is 13.5. The molecule has 1 amide bonds. The largest absolute Gasteiger partial charge is 0.490 e. The molecule has 2 N–H and O–H groups in total. The van der Waals surface area contributed by atoms with E-state index in [0.29, 0.717) is 29.8 Å². The number of hydrogen-bond acceptors (Lipinski definition) is 3. The lowest BCUT2D eigenvalue weighted by Crippen LogP contribution is -2.29. The summed E-state index contributed by atoms with van der Waals surface area (Å²) in [6.45, 7) is 4.86. The average Bonchev–Trinajstić information content (AvgIpc) is 3.14. The molecular formula is C21H25ClN2O2. The van der Waals surface area contributed by atoms with Crippen molar-refractivity contribution < 1.29 is 9.53 Å². The number of ether oxygens (including phenoxy) is 1. The molecule has 1 aliphatic rings. The van der Waals surface area contributed by atoms with Crippen LogP contribution in [-0.2, 0) is 6.42 Å². The average molecular weight is 373 g/mol. The highest BCUT2D eigenvalue weighted by Crippen LogP contribution is 2.27. The van der Waals surface area contributed by atoms with Crippen LogP contribution in [0.4, 0.5) is 0 Å². The Balaban J connectivity index is 1.53. The number of hydrogen-bond donors (Lipinski definition) is 2. The number of amides is 1. The van der Waals surface area contributed by atoms with E-state index < -0.39 is 0 Å². The fraction of sp³-hybridized carbons (Fsp3) is 0.381. The van der Waals surface area contributed by atoms with E-state index in [1.165, 1.54) is 6.42 Å². The van der Waals surface area contributed by atoms with E-state index in [9.17, 15) is 4.79 Å². The Bertz CT molecular complexity index is 737. The monoisotopic (exact) mass is 372 g/mol. The summed E-state index contributed by atoms with van der Waals surface area (Å²) >= 11 is 6.15. The minimum atomic E-state index is -0.0500. The van der Waals surface area contributed by atoms with Crippen LogP contribution in [0.15, 0.2) is 42.5 Å². The maximum atomic E-state index is 12.6. The van der Waals surface area contributed by atoms with Crippen LogP contribution >= 0.6 is 11.6 Å². The molecule has 138 valence electrons. The van der Waals surface area contributed by atoms with Gasteiger partial charge in [0.15, 0.2) is 0 Å². The molecule has 2 aromatic carbocycles. The quantitative estimate of drug-likeness (QED) is 0.730. The molecule has 4 nitrogen and oxygen atoms in total. The van der Waals surface area contributed by atoms with Gasteiger partial charge >= 0.3 is 0 Å². The number of halogens is 1. The third-order valence-corrected chi connectivity index (χ3v) is 5.03. The third-order valence-electron chi connectivity index (χ3n) is 4.73. The minimum Gasteiger partial charge on any atom is -0.490 e. The van der Waals surface area contributed by atoms with Crippen molar-refractivity contribution in [2.24, 2.45) is 5.92 Å². The lowest BCUT2D eigenvalue weighted by Gasteiger charge is -2.14. The highest BCUT2D eigenvalue weighted by atomic mass is 35.5. The molecule has 2 aromatic rings. The van der Waals surface area contributed by atoms with Gasteiger partial charge in [0, 0.05) is 5.56 Å². The first-order valence-electron chi connectivity index (χ1n) is 9.10. The summed E-state index contributed by atoms with van der Waals surface area (Å²) in [5.41, 5.74) is 2.86.